The summed E-state index contributed by atoms with van der Waals surface area (Å²) in [5.41, 5.74) is 2.12. The van der Waals surface area contributed by atoms with Crippen molar-refractivity contribution < 1.29 is 28.5 Å². The Morgan fingerprint density at radius 3 is 2.21 bits per heavy atom. The van der Waals surface area contributed by atoms with Gasteiger partial charge in [0.05, 0.1) is 26.4 Å². The van der Waals surface area contributed by atoms with Crippen molar-refractivity contribution in [3.63, 3.8) is 0 Å². The fourth-order valence-electron chi connectivity index (χ4n) is 3.21. The van der Waals surface area contributed by atoms with Gasteiger partial charge in [0.2, 0.25) is 11.8 Å². The molecule has 0 spiro atoms. The number of amides is 1. The van der Waals surface area contributed by atoms with Crippen LogP contribution >= 0.6 is 11.3 Å². The molecule has 0 bridgehead atoms. The molecule has 1 aromatic carbocycles. The Morgan fingerprint density at radius 2 is 1.63 bits per heavy atom. The molecule has 2 heterocycles. The van der Waals surface area contributed by atoms with Crippen LogP contribution in [0.3, 0.4) is 0 Å². The van der Waals surface area contributed by atoms with Crippen molar-refractivity contribution in [1.29, 1.82) is 0 Å². The lowest BCUT2D eigenvalue weighted by molar-refractivity contribution is -0.0174. The number of benzene rings is 1. The molecule has 0 aliphatic carbocycles. The summed E-state index contributed by atoms with van der Waals surface area (Å²) >= 11 is 1.22. The van der Waals surface area contributed by atoms with Crippen molar-refractivity contribution in [3.05, 3.63) is 40.4 Å². The summed E-state index contributed by atoms with van der Waals surface area (Å²) in [6, 6.07) is 6.14. The second kappa shape index (κ2) is 12.0. The van der Waals surface area contributed by atoms with E-state index >= 15 is 0 Å². The van der Waals surface area contributed by atoms with Crippen molar-refractivity contribution in [2.75, 3.05) is 32.8 Å². The molecule has 0 aliphatic rings. The maximum Gasteiger partial charge on any atom is 0.323 e. The van der Waals surface area contributed by atoms with Crippen LogP contribution in [-0.4, -0.2) is 53.9 Å². The predicted octanol–water partition coefficient (Wildman–Crippen LogP) is 5.79. The van der Waals surface area contributed by atoms with Crippen LogP contribution in [-0.2, 0) is 10.2 Å². The van der Waals surface area contributed by atoms with E-state index in [0.29, 0.717) is 17.6 Å². The number of rotatable bonds is 10. The topological polar surface area (TPSA) is 114 Å². The lowest BCUT2D eigenvalue weighted by Gasteiger charge is -2.20. The number of carbonyl (C=O) groups excluding carboxylic acids is 1. The maximum absolute atomic E-state index is 13.0. The van der Waals surface area contributed by atoms with Crippen molar-refractivity contribution in [3.8, 4) is 28.7 Å². The number of carbonyl (C=O) groups is 1. The number of anilines is 1. The number of aromatic nitrogens is 3. The zero-order chi connectivity index (χ0) is 28.1. The Balaban J connectivity index is 1.73. The fourth-order valence-corrected chi connectivity index (χ4v) is 3.87. The van der Waals surface area contributed by atoms with E-state index in [1.54, 1.807) is 5.38 Å². The van der Waals surface area contributed by atoms with Crippen molar-refractivity contribution in [2.45, 2.75) is 59.5 Å². The minimum absolute atomic E-state index is 0.0271. The van der Waals surface area contributed by atoms with E-state index in [9.17, 15) is 4.79 Å². The Kier molecular flexibility index (Phi) is 9.16. The molecule has 1 N–H and O–H groups in total. The van der Waals surface area contributed by atoms with Crippen LogP contribution < -0.4 is 24.3 Å². The van der Waals surface area contributed by atoms with E-state index in [0.717, 1.165) is 11.1 Å². The summed E-state index contributed by atoms with van der Waals surface area (Å²) in [5, 5.41) is 4.68. The Morgan fingerprint density at radius 1 is 0.974 bits per heavy atom. The van der Waals surface area contributed by atoms with Crippen LogP contribution in [0.15, 0.2) is 23.6 Å². The van der Waals surface area contributed by atoms with Gasteiger partial charge in [0, 0.05) is 5.38 Å². The third-order valence-corrected chi connectivity index (χ3v) is 5.98. The summed E-state index contributed by atoms with van der Waals surface area (Å²) in [4.78, 5) is 25.8. The van der Waals surface area contributed by atoms with E-state index in [1.165, 1.54) is 25.6 Å². The first-order valence-electron chi connectivity index (χ1n) is 12.1. The van der Waals surface area contributed by atoms with Gasteiger partial charge in [-0.2, -0.15) is 15.0 Å². The van der Waals surface area contributed by atoms with E-state index < -0.39 is 5.91 Å². The summed E-state index contributed by atoms with van der Waals surface area (Å²) < 4.78 is 28.0. The Bertz CT molecular complexity index is 1240. The number of hydrogen-bond acceptors (Lipinski definition) is 10. The third kappa shape index (κ3) is 7.78. The molecule has 0 fully saturated rings. The van der Waals surface area contributed by atoms with Gasteiger partial charge in [-0.25, -0.2) is 0 Å². The summed E-state index contributed by atoms with van der Waals surface area (Å²) in [6.07, 6.45) is 0. The highest BCUT2D eigenvalue weighted by molar-refractivity contribution is 7.11. The second-order valence-corrected chi connectivity index (χ2v) is 11.3. The van der Waals surface area contributed by atoms with Gasteiger partial charge in [0.25, 0.3) is 11.1 Å². The second-order valence-electron chi connectivity index (χ2n) is 10.5. The molecule has 3 rings (SSSR count). The molecule has 206 valence electrons. The highest BCUT2D eigenvalue weighted by Crippen LogP contribution is 2.35. The quantitative estimate of drug-likeness (QED) is 0.317. The average molecular weight is 545 g/mol. The van der Waals surface area contributed by atoms with Gasteiger partial charge >= 0.3 is 6.01 Å². The molecular weight excluding hydrogens is 508 g/mol. The van der Waals surface area contributed by atoms with Gasteiger partial charge in [-0.3, -0.25) is 4.79 Å². The molecule has 38 heavy (non-hydrogen) atoms. The molecule has 0 radical (unpaired) electrons. The van der Waals surface area contributed by atoms with E-state index in [4.69, 9.17) is 23.7 Å². The molecule has 10 nitrogen and oxygen atoms in total. The third-order valence-electron chi connectivity index (χ3n) is 5.26. The first kappa shape index (κ1) is 29.1. The molecule has 2 aromatic heterocycles. The molecule has 0 unspecified atom stereocenters. The SMILES string of the molecule is COc1nc(OCCOC(C)(C)C)nc(OC)c1NC(=O)c1csc(Oc2cc(C(C)(C)C)ccc2C)n1. The van der Waals surface area contributed by atoms with Crippen LogP contribution in [0.2, 0.25) is 0 Å². The standard InChI is InChI=1S/C27H36N4O6S/c1-16-10-11-17(26(2,3)4)14-19(16)37-25-28-18(15-38-25)21(32)29-20-22(33-8)30-24(31-23(20)34-9)35-12-13-36-27(5,6)7/h10-11,14-15H,12-13H2,1-9H3,(H,29,32). The highest BCUT2D eigenvalue weighted by atomic mass is 32.1. The maximum atomic E-state index is 13.0. The number of nitrogens with one attached hydrogen (secondary N) is 1. The number of nitrogens with zero attached hydrogens (tertiary/aromatic N) is 3. The summed E-state index contributed by atoms with van der Waals surface area (Å²) in [6.45, 7) is 14.8. The van der Waals surface area contributed by atoms with Gasteiger partial charge in [0.15, 0.2) is 5.69 Å². The van der Waals surface area contributed by atoms with E-state index in [2.05, 4.69) is 47.1 Å². The van der Waals surface area contributed by atoms with Crippen molar-refractivity contribution >= 4 is 22.9 Å². The number of thiazole rings is 1. The smallest absolute Gasteiger partial charge is 0.323 e. The van der Waals surface area contributed by atoms with Crippen molar-refractivity contribution in [2.24, 2.45) is 0 Å². The molecule has 0 saturated heterocycles. The Labute approximate surface area is 227 Å². The van der Waals surface area contributed by atoms with E-state index in [-0.39, 0.29) is 46.8 Å². The largest absolute Gasteiger partial charge is 0.479 e. The average Bonchev–Trinajstić information content (AvgIpc) is 3.31. The zero-order valence-electron chi connectivity index (χ0n) is 23.4. The number of ether oxygens (including phenoxy) is 5. The van der Waals surface area contributed by atoms with Gasteiger partial charge in [-0.15, -0.1) is 0 Å². The molecule has 3 aromatic rings. The molecule has 0 aliphatic heterocycles. The van der Waals surface area contributed by atoms with E-state index in [1.807, 2.05) is 39.8 Å². The summed E-state index contributed by atoms with van der Waals surface area (Å²) in [5.74, 6) is 0.360. The van der Waals surface area contributed by atoms with Gasteiger partial charge in [-0.05, 0) is 50.3 Å². The molecule has 0 saturated carbocycles. The van der Waals surface area contributed by atoms with Gasteiger partial charge in [-0.1, -0.05) is 44.2 Å². The number of aryl methyl sites for hydroxylation is 1. The van der Waals surface area contributed by atoms with Crippen LogP contribution in [0.5, 0.6) is 28.7 Å². The van der Waals surface area contributed by atoms with Crippen LogP contribution in [0.25, 0.3) is 0 Å². The lowest BCUT2D eigenvalue weighted by Crippen LogP contribution is -2.23. The number of hydrogen-bond donors (Lipinski definition) is 1. The molecule has 0 atom stereocenters. The van der Waals surface area contributed by atoms with Crippen LogP contribution in [0, 0.1) is 6.92 Å². The van der Waals surface area contributed by atoms with Gasteiger partial charge < -0.3 is 29.0 Å². The van der Waals surface area contributed by atoms with Crippen molar-refractivity contribution in [1.82, 2.24) is 15.0 Å². The van der Waals surface area contributed by atoms with Gasteiger partial charge in [0.1, 0.15) is 18.1 Å². The lowest BCUT2D eigenvalue weighted by atomic mass is 9.86. The molecular formula is C27H36N4O6S. The molecule has 11 heteroatoms. The zero-order valence-corrected chi connectivity index (χ0v) is 24.2. The number of methoxy groups -OCH3 is 2. The first-order valence-corrected chi connectivity index (χ1v) is 13.0. The highest BCUT2D eigenvalue weighted by Gasteiger charge is 2.22. The predicted molar refractivity (Wildman–Crippen MR) is 146 cm³/mol. The minimum atomic E-state index is -0.497. The fraction of sp³-hybridized carbons (Fsp3) is 0.481. The summed E-state index contributed by atoms with van der Waals surface area (Å²) in [7, 11) is 2.85. The van der Waals surface area contributed by atoms with Crippen LogP contribution in [0.4, 0.5) is 5.69 Å². The first-order chi connectivity index (χ1) is 17.8. The normalized spacial score (nSPS) is 11.7. The minimum Gasteiger partial charge on any atom is -0.479 e. The monoisotopic (exact) mass is 544 g/mol. The van der Waals surface area contributed by atoms with Crippen LogP contribution in [0.1, 0.15) is 63.2 Å². The Hall–Kier alpha value is -3.44. The molecule has 1 amide bonds.